The van der Waals surface area contributed by atoms with E-state index in [1.54, 1.807) is 10.8 Å². The van der Waals surface area contributed by atoms with Crippen LogP contribution in [0.5, 0.6) is 0 Å². The van der Waals surface area contributed by atoms with E-state index in [-0.39, 0.29) is 23.1 Å². The Hall–Kier alpha value is -2.82. The van der Waals surface area contributed by atoms with Crippen molar-refractivity contribution in [3.05, 3.63) is 69.8 Å². The van der Waals surface area contributed by atoms with E-state index >= 15 is 0 Å². The largest absolute Gasteiger partial charge is 0.361 e. The Morgan fingerprint density at radius 3 is 2.88 bits per heavy atom. The molecule has 1 amide bonds. The number of nitrogens with one attached hydrogen (secondary N) is 2. The number of rotatable bonds is 5. The van der Waals surface area contributed by atoms with E-state index < -0.39 is 0 Å². The number of pyridine rings is 1. The highest BCUT2D eigenvalue weighted by Crippen LogP contribution is 2.20. The van der Waals surface area contributed by atoms with E-state index in [0.717, 1.165) is 30.3 Å². The molecule has 1 fully saturated rings. The molecule has 1 saturated carbocycles. The van der Waals surface area contributed by atoms with Gasteiger partial charge in [0.15, 0.2) is 0 Å². The Morgan fingerprint density at radius 1 is 1.28 bits per heavy atom. The van der Waals surface area contributed by atoms with Crippen LogP contribution in [0.2, 0.25) is 0 Å². The number of aromatic nitrogens is 2. The molecule has 0 atom stereocenters. The van der Waals surface area contributed by atoms with Gasteiger partial charge in [-0.3, -0.25) is 9.59 Å². The lowest BCUT2D eigenvalue weighted by atomic mass is 10.1. The summed E-state index contributed by atoms with van der Waals surface area (Å²) in [5, 5.41) is 4.09. The number of carbonyl (C=O) groups is 1. The predicted molar refractivity (Wildman–Crippen MR) is 97.9 cm³/mol. The van der Waals surface area contributed by atoms with Crippen molar-refractivity contribution in [2.45, 2.75) is 38.8 Å². The summed E-state index contributed by atoms with van der Waals surface area (Å²) in [6.07, 6.45) is 6.51. The average Bonchev–Trinajstić information content (AvgIpc) is 3.32. The van der Waals surface area contributed by atoms with Crippen molar-refractivity contribution in [2.75, 3.05) is 0 Å². The van der Waals surface area contributed by atoms with Gasteiger partial charge in [-0.05, 0) is 49.4 Å². The fourth-order valence-corrected chi connectivity index (χ4v) is 3.18. The Morgan fingerprint density at radius 2 is 2.08 bits per heavy atom. The van der Waals surface area contributed by atoms with Gasteiger partial charge in [-0.25, -0.2) is 0 Å². The van der Waals surface area contributed by atoms with E-state index in [0.29, 0.717) is 6.54 Å². The summed E-state index contributed by atoms with van der Waals surface area (Å²) in [7, 11) is 0. The zero-order chi connectivity index (χ0) is 17.4. The predicted octanol–water partition coefficient (Wildman–Crippen LogP) is 2.77. The number of H-pyrrole nitrogens is 1. The van der Waals surface area contributed by atoms with Crippen molar-refractivity contribution in [3.8, 4) is 0 Å². The molecule has 2 heterocycles. The van der Waals surface area contributed by atoms with E-state index in [9.17, 15) is 9.59 Å². The van der Waals surface area contributed by atoms with Gasteiger partial charge in [-0.1, -0.05) is 18.2 Å². The lowest BCUT2D eigenvalue weighted by Crippen LogP contribution is -2.35. The van der Waals surface area contributed by atoms with Gasteiger partial charge in [0.2, 0.25) is 0 Å². The van der Waals surface area contributed by atoms with Gasteiger partial charge >= 0.3 is 0 Å². The topological polar surface area (TPSA) is 66.9 Å². The molecule has 5 nitrogen and oxygen atoms in total. The lowest BCUT2D eigenvalue weighted by molar-refractivity contribution is 0.0948. The molecule has 0 unspecified atom stereocenters. The summed E-state index contributed by atoms with van der Waals surface area (Å²) in [5.74, 6) is -0.244. The Balaban J connectivity index is 1.58. The Kier molecular flexibility index (Phi) is 3.92. The number of aryl methyl sites for hydroxylation is 3. The zero-order valence-electron chi connectivity index (χ0n) is 14.2. The molecular formula is C20H21N3O2. The number of amides is 1. The number of para-hydroxylation sites is 1. The van der Waals surface area contributed by atoms with Crippen molar-refractivity contribution in [2.24, 2.45) is 0 Å². The lowest BCUT2D eigenvalue weighted by Gasteiger charge is -2.11. The van der Waals surface area contributed by atoms with Crippen LogP contribution >= 0.6 is 0 Å². The maximum atomic E-state index is 12.8. The van der Waals surface area contributed by atoms with Crippen LogP contribution < -0.4 is 10.9 Å². The molecule has 4 rings (SSSR count). The molecule has 25 heavy (non-hydrogen) atoms. The molecule has 2 N–H and O–H groups in total. The maximum Gasteiger partial charge on any atom is 0.263 e. The van der Waals surface area contributed by atoms with Crippen molar-refractivity contribution in [1.29, 1.82) is 0 Å². The van der Waals surface area contributed by atoms with Crippen molar-refractivity contribution < 1.29 is 4.79 Å². The van der Waals surface area contributed by atoms with Gasteiger partial charge in [-0.2, -0.15) is 0 Å². The van der Waals surface area contributed by atoms with Crippen LogP contribution in [0.15, 0.2) is 47.5 Å². The third-order valence-electron chi connectivity index (χ3n) is 4.81. The van der Waals surface area contributed by atoms with Crippen LogP contribution in [0.4, 0.5) is 0 Å². The quantitative estimate of drug-likeness (QED) is 0.753. The zero-order valence-corrected chi connectivity index (χ0v) is 14.2. The first-order valence-electron chi connectivity index (χ1n) is 8.69. The van der Waals surface area contributed by atoms with Gasteiger partial charge in [0.05, 0.1) is 0 Å². The number of hydrogen-bond acceptors (Lipinski definition) is 2. The Bertz CT molecular complexity index is 996. The average molecular weight is 335 g/mol. The minimum absolute atomic E-state index is 0.210. The SMILES string of the molecule is Cc1ccn(CCc2c[nH]c3ccccc23)c(=O)c1C(=O)NC1CC1. The Labute approximate surface area is 145 Å². The fourth-order valence-electron chi connectivity index (χ4n) is 3.18. The van der Waals surface area contributed by atoms with Crippen LogP contribution in [-0.4, -0.2) is 21.5 Å². The van der Waals surface area contributed by atoms with Crippen LogP contribution in [-0.2, 0) is 13.0 Å². The number of benzene rings is 1. The highest BCUT2D eigenvalue weighted by Gasteiger charge is 2.26. The summed E-state index contributed by atoms with van der Waals surface area (Å²) < 4.78 is 1.64. The standard InChI is InChI=1S/C20H21N3O2/c1-13-8-10-23(20(25)18(13)19(24)22-15-6-7-15)11-9-14-12-21-17-5-3-2-4-16(14)17/h2-5,8,10,12,15,21H,6-7,9,11H2,1H3,(H,22,24). The molecule has 1 aliphatic rings. The van der Waals surface area contributed by atoms with E-state index in [1.165, 1.54) is 10.9 Å². The number of fused-ring (bicyclic) bond motifs is 1. The highest BCUT2D eigenvalue weighted by atomic mass is 16.2. The fraction of sp³-hybridized carbons (Fsp3) is 0.300. The minimum atomic E-state index is -0.244. The molecular weight excluding hydrogens is 314 g/mol. The smallest absolute Gasteiger partial charge is 0.263 e. The molecule has 0 spiro atoms. The molecule has 5 heteroatoms. The molecule has 1 aliphatic carbocycles. The third-order valence-corrected chi connectivity index (χ3v) is 4.81. The summed E-state index contributed by atoms with van der Waals surface area (Å²) in [6, 6.07) is 10.2. The van der Waals surface area contributed by atoms with E-state index in [4.69, 9.17) is 0 Å². The van der Waals surface area contributed by atoms with Crippen molar-refractivity contribution >= 4 is 16.8 Å². The normalized spacial score (nSPS) is 14.0. The van der Waals surface area contributed by atoms with Crippen LogP contribution in [0.25, 0.3) is 10.9 Å². The number of aromatic amines is 1. The highest BCUT2D eigenvalue weighted by molar-refractivity contribution is 5.95. The number of nitrogens with zero attached hydrogens (tertiary/aromatic N) is 1. The molecule has 128 valence electrons. The molecule has 3 aromatic rings. The van der Waals surface area contributed by atoms with Crippen LogP contribution in [0.3, 0.4) is 0 Å². The summed E-state index contributed by atoms with van der Waals surface area (Å²) in [6.45, 7) is 2.36. The first-order valence-corrected chi connectivity index (χ1v) is 8.69. The van der Waals surface area contributed by atoms with Gasteiger partial charge in [0.1, 0.15) is 5.56 Å². The molecule has 2 aromatic heterocycles. The second-order valence-corrected chi connectivity index (χ2v) is 6.73. The molecule has 0 saturated heterocycles. The summed E-state index contributed by atoms with van der Waals surface area (Å²) in [5.41, 5.74) is 3.06. The van der Waals surface area contributed by atoms with Crippen molar-refractivity contribution in [1.82, 2.24) is 14.9 Å². The van der Waals surface area contributed by atoms with Crippen LogP contribution in [0.1, 0.15) is 34.3 Å². The monoisotopic (exact) mass is 335 g/mol. The number of carbonyl (C=O) groups excluding carboxylic acids is 1. The van der Waals surface area contributed by atoms with Gasteiger partial charge in [-0.15, -0.1) is 0 Å². The van der Waals surface area contributed by atoms with Gasteiger partial charge in [0.25, 0.3) is 11.5 Å². The van der Waals surface area contributed by atoms with E-state index in [1.807, 2.05) is 37.4 Å². The first kappa shape index (κ1) is 15.7. The molecule has 1 aromatic carbocycles. The molecule has 0 radical (unpaired) electrons. The molecule has 0 aliphatic heterocycles. The second kappa shape index (κ2) is 6.24. The summed E-state index contributed by atoms with van der Waals surface area (Å²) in [4.78, 5) is 28.4. The van der Waals surface area contributed by atoms with Gasteiger partial charge in [0, 0.05) is 35.9 Å². The van der Waals surface area contributed by atoms with Crippen LogP contribution in [0, 0.1) is 6.92 Å². The molecule has 0 bridgehead atoms. The first-order chi connectivity index (χ1) is 12.1. The maximum absolute atomic E-state index is 12.8. The summed E-state index contributed by atoms with van der Waals surface area (Å²) >= 11 is 0. The van der Waals surface area contributed by atoms with E-state index in [2.05, 4.69) is 16.4 Å². The minimum Gasteiger partial charge on any atom is -0.361 e. The third kappa shape index (κ3) is 3.09. The van der Waals surface area contributed by atoms with Crippen molar-refractivity contribution in [3.63, 3.8) is 0 Å². The second-order valence-electron chi connectivity index (χ2n) is 6.73. The van der Waals surface area contributed by atoms with Gasteiger partial charge < -0.3 is 14.9 Å². The number of hydrogen-bond donors (Lipinski definition) is 2.